The van der Waals surface area contributed by atoms with Crippen molar-refractivity contribution in [2.24, 2.45) is 0 Å². The van der Waals surface area contributed by atoms with E-state index in [1.165, 1.54) is 7.11 Å². The fourth-order valence-electron chi connectivity index (χ4n) is 1.98. The van der Waals surface area contributed by atoms with Gasteiger partial charge in [-0.25, -0.2) is 4.79 Å². The maximum Gasteiger partial charge on any atom is 0.337 e. The van der Waals surface area contributed by atoms with Crippen LogP contribution in [0.5, 0.6) is 0 Å². The average molecular weight is 249 g/mol. The predicted octanol–water partition coefficient (Wildman–Crippen LogP) is 1.14. The number of benzene rings is 1. The van der Waals surface area contributed by atoms with E-state index in [1.54, 1.807) is 23.1 Å². The van der Waals surface area contributed by atoms with Gasteiger partial charge in [0.2, 0.25) is 0 Å². The summed E-state index contributed by atoms with van der Waals surface area (Å²) in [6, 6.07) is 5.16. The van der Waals surface area contributed by atoms with Crippen LogP contribution in [0.1, 0.15) is 15.9 Å². The van der Waals surface area contributed by atoms with Gasteiger partial charge in [0.1, 0.15) is 6.61 Å². The number of morpholine rings is 1. The lowest BCUT2D eigenvalue weighted by atomic mass is 10.1. The van der Waals surface area contributed by atoms with Crippen LogP contribution in [0.2, 0.25) is 0 Å². The normalized spacial score (nSPS) is 15.7. The Bertz CT molecular complexity index is 484. The second kappa shape index (κ2) is 5.18. The molecule has 5 nitrogen and oxygen atoms in total. The van der Waals surface area contributed by atoms with E-state index in [-0.39, 0.29) is 18.5 Å². The van der Waals surface area contributed by atoms with Crippen molar-refractivity contribution in [3.63, 3.8) is 0 Å². The molecule has 1 fully saturated rings. The molecule has 1 heterocycles. The predicted molar refractivity (Wildman–Crippen MR) is 65.7 cm³/mol. The van der Waals surface area contributed by atoms with E-state index in [4.69, 9.17) is 4.74 Å². The standard InChI is InChI=1S/C13H15NO4/c1-9-7-10(13(16)17-2)3-4-11(9)14-5-6-18-8-12(14)15/h3-4,7H,5-6,8H2,1-2H3. The fraction of sp³-hybridized carbons (Fsp3) is 0.385. The van der Waals surface area contributed by atoms with Gasteiger partial charge in [0.05, 0.1) is 19.3 Å². The van der Waals surface area contributed by atoms with E-state index in [0.29, 0.717) is 18.7 Å². The molecule has 1 amide bonds. The Morgan fingerprint density at radius 1 is 1.44 bits per heavy atom. The van der Waals surface area contributed by atoms with Gasteiger partial charge in [-0.3, -0.25) is 4.79 Å². The minimum atomic E-state index is -0.377. The van der Waals surface area contributed by atoms with E-state index in [9.17, 15) is 9.59 Å². The van der Waals surface area contributed by atoms with E-state index >= 15 is 0 Å². The van der Waals surface area contributed by atoms with Gasteiger partial charge in [-0.15, -0.1) is 0 Å². The summed E-state index contributed by atoms with van der Waals surface area (Å²) < 4.78 is 9.75. The molecule has 1 aromatic rings. The number of hydrogen-bond donors (Lipinski definition) is 0. The highest BCUT2D eigenvalue weighted by Crippen LogP contribution is 2.23. The molecule has 0 unspecified atom stereocenters. The molecule has 0 atom stereocenters. The van der Waals surface area contributed by atoms with Crippen LogP contribution in [0.3, 0.4) is 0 Å². The van der Waals surface area contributed by atoms with Crippen LogP contribution in [0.4, 0.5) is 5.69 Å². The largest absolute Gasteiger partial charge is 0.465 e. The zero-order valence-electron chi connectivity index (χ0n) is 10.4. The van der Waals surface area contributed by atoms with Crippen LogP contribution in [0.25, 0.3) is 0 Å². The van der Waals surface area contributed by atoms with E-state index in [0.717, 1.165) is 11.3 Å². The quantitative estimate of drug-likeness (QED) is 0.738. The number of esters is 1. The molecule has 0 aromatic heterocycles. The first-order valence-electron chi connectivity index (χ1n) is 5.70. The molecule has 1 aliphatic rings. The van der Waals surface area contributed by atoms with Crippen LogP contribution in [0.15, 0.2) is 18.2 Å². The summed E-state index contributed by atoms with van der Waals surface area (Å²) in [5.41, 5.74) is 2.17. The number of carbonyl (C=O) groups excluding carboxylic acids is 2. The SMILES string of the molecule is COC(=O)c1ccc(N2CCOCC2=O)c(C)c1. The van der Waals surface area contributed by atoms with Gasteiger partial charge >= 0.3 is 5.97 Å². The summed E-state index contributed by atoms with van der Waals surface area (Å²) in [6.45, 7) is 3.05. The average Bonchev–Trinajstić information content (AvgIpc) is 2.39. The Kier molecular flexibility index (Phi) is 3.62. The highest BCUT2D eigenvalue weighted by Gasteiger charge is 2.22. The molecule has 0 aliphatic carbocycles. The molecule has 96 valence electrons. The lowest BCUT2D eigenvalue weighted by Gasteiger charge is -2.28. The molecular weight excluding hydrogens is 234 g/mol. The summed E-state index contributed by atoms with van der Waals surface area (Å²) in [5.74, 6) is -0.437. The number of hydrogen-bond acceptors (Lipinski definition) is 4. The lowest BCUT2D eigenvalue weighted by molar-refractivity contribution is -0.125. The number of carbonyl (C=O) groups is 2. The van der Waals surface area contributed by atoms with Gasteiger partial charge in [-0.1, -0.05) is 0 Å². The highest BCUT2D eigenvalue weighted by atomic mass is 16.5. The summed E-state index contributed by atoms with van der Waals surface area (Å²) in [5, 5.41) is 0. The molecule has 0 spiro atoms. The molecule has 0 radical (unpaired) electrons. The van der Waals surface area contributed by atoms with Crippen molar-refractivity contribution in [2.45, 2.75) is 6.92 Å². The molecule has 2 rings (SSSR count). The van der Waals surface area contributed by atoms with Crippen LogP contribution in [0, 0.1) is 6.92 Å². The number of nitrogens with zero attached hydrogens (tertiary/aromatic N) is 1. The second-order valence-corrected chi connectivity index (χ2v) is 4.09. The first-order valence-corrected chi connectivity index (χ1v) is 5.70. The zero-order valence-corrected chi connectivity index (χ0v) is 10.4. The Hall–Kier alpha value is -1.88. The molecule has 1 saturated heterocycles. The number of amides is 1. The molecule has 18 heavy (non-hydrogen) atoms. The molecule has 5 heteroatoms. The monoisotopic (exact) mass is 249 g/mol. The second-order valence-electron chi connectivity index (χ2n) is 4.09. The number of rotatable bonds is 2. The van der Waals surface area contributed by atoms with Crippen LogP contribution in [-0.2, 0) is 14.3 Å². The first-order chi connectivity index (χ1) is 8.63. The van der Waals surface area contributed by atoms with Crippen molar-refractivity contribution in [1.29, 1.82) is 0 Å². The summed E-state index contributed by atoms with van der Waals surface area (Å²) in [6.07, 6.45) is 0. The summed E-state index contributed by atoms with van der Waals surface area (Å²) >= 11 is 0. The fourth-order valence-corrected chi connectivity index (χ4v) is 1.98. The van der Waals surface area contributed by atoms with Gasteiger partial charge in [0.25, 0.3) is 5.91 Å². The Balaban J connectivity index is 2.29. The molecule has 0 bridgehead atoms. The smallest absolute Gasteiger partial charge is 0.337 e. The minimum absolute atomic E-state index is 0.0600. The number of methoxy groups -OCH3 is 1. The molecule has 0 saturated carbocycles. The van der Waals surface area contributed by atoms with Gasteiger partial charge in [0, 0.05) is 12.2 Å². The lowest BCUT2D eigenvalue weighted by Crippen LogP contribution is -2.42. The molecule has 1 aliphatic heterocycles. The molecule has 0 N–H and O–H groups in total. The Morgan fingerprint density at radius 2 is 2.22 bits per heavy atom. The minimum Gasteiger partial charge on any atom is -0.465 e. The molecule has 1 aromatic carbocycles. The van der Waals surface area contributed by atoms with Crippen LogP contribution >= 0.6 is 0 Å². The van der Waals surface area contributed by atoms with Crippen LogP contribution < -0.4 is 4.90 Å². The maximum absolute atomic E-state index is 11.7. The third-order valence-electron chi connectivity index (χ3n) is 2.89. The Labute approximate surface area is 105 Å². The highest BCUT2D eigenvalue weighted by molar-refractivity contribution is 5.96. The van der Waals surface area contributed by atoms with Crippen molar-refractivity contribution < 1.29 is 19.1 Å². The van der Waals surface area contributed by atoms with Gasteiger partial charge < -0.3 is 14.4 Å². The van der Waals surface area contributed by atoms with Crippen molar-refractivity contribution in [1.82, 2.24) is 0 Å². The van der Waals surface area contributed by atoms with E-state index < -0.39 is 0 Å². The number of ether oxygens (including phenoxy) is 2. The first kappa shape index (κ1) is 12.6. The molecular formula is C13H15NO4. The topological polar surface area (TPSA) is 55.8 Å². The van der Waals surface area contributed by atoms with E-state index in [1.807, 2.05) is 6.92 Å². The van der Waals surface area contributed by atoms with Crippen molar-refractivity contribution >= 4 is 17.6 Å². The van der Waals surface area contributed by atoms with Gasteiger partial charge in [0.15, 0.2) is 0 Å². The summed E-state index contributed by atoms with van der Waals surface area (Å²) in [7, 11) is 1.34. The summed E-state index contributed by atoms with van der Waals surface area (Å²) in [4.78, 5) is 24.8. The van der Waals surface area contributed by atoms with Crippen molar-refractivity contribution in [2.75, 3.05) is 31.8 Å². The van der Waals surface area contributed by atoms with Crippen LogP contribution in [-0.4, -0.2) is 38.7 Å². The maximum atomic E-state index is 11.7. The van der Waals surface area contributed by atoms with E-state index in [2.05, 4.69) is 4.74 Å². The zero-order chi connectivity index (χ0) is 13.1. The Morgan fingerprint density at radius 3 is 2.83 bits per heavy atom. The van der Waals surface area contributed by atoms with Crippen molar-refractivity contribution in [3.8, 4) is 0 Å². The van der Waals surface area contributed by atoms with Crippen molar-refractivity contribution in [3.05, 3.63) is 29.3 Å². The third kappa shape index (κ3) is 2.36. The van der Waals surface area contributed by atoms with Gasteiger partial charge in [-0.2, -0.15) is 0 Å². The third-order valence-corrected chi connectivity index (χ3v) is 2.89. The van der Waals surface area contributed by atoms with Gasteiger partial charge in [-0.05, 0) is 30.7 Å². The number of anilines is 1. The number of aryl methyl sites for hydroxylation is 1.